The highest BCUT2D eigenvalue weighted by atomic mass is 16.5. The molecule has 0 fully saturated rings. The van der Waals surface area contributed by atoms with E-state index in [9.17, 15) is 0 Å². The Hall–Kier alpha value is -1.75. The fourth-order valence-electron chi connectivity index (χ4n) is 1.70. The average molecular weight is 221 g/mol. The molecule has 2 N–H and O–H groups in total. The fourth-order valence-corrected chi connectivity index (χ4v) is 1.70. The van der Waals surface area contributed by atoms with Crippen molar-refractivity contribution in [3.8, 4) is 5.75 Å². The third-order valence-electron chi connectivity index (χ3n) is 2.51. The number of hydrogen-bond donors (Lipinski definition) is 1. The maximum atomic E-state index is 6.12. The maximum absolute atomic E-state index is 6.12. The second-order valence-corrected chi connectivity index (χ2v) is 3.41. The number of furan rings is 1. The summed E-state index contributed by atoms with van der Waals surface area (Å²) in [5.74, 6) is 1.39. The molecule has 0 aromatic carbocycles. The van der Waals surface area contributed by atoms with Gasteiger partial charge in [-0.25, -0.2) is 0 Å². The molecule has 0 saturated carbocycles. The summed E-state index contributed by atoms with van der Waals surface area (Å²) in [7, 11) is 1.61. The van der Waals surface area contributed by atoms with Crippen LogP contribution in [0, 0.1) is 0 Å². The molecular weight excluding hydrogens is 206 g/mol. The second kappa shape index (κ2) is 4.40. The summed E-state index contributed by atoms with van der Waals surface area (Å²) in [6.07, 6.45) is 3.27. The Morgan fingerprint density at radius 2 is 2.44 bits per heavy atom. The summed E-state index contributed by atoms with van der Waals surface area (Å²) in [4.78, 5) is 0. The molecule has 0 spiro atoms. The van der Waals surface area contributed by atoms with E-state index in [0.29, 0.717) is 11.5 Å². The number of rotatable bonds is 4. The van der Waals surface area contributed by atoms with E-state index in [4.69, 9.17) is 14.9 Å². The number of hydrogen-bond acceptors (Lipinski definition) is 4. The van der Waals surface area contributed by atoms with Gasteiger partial charge in [0.15, 0.2) is 5.75 Å². The highest BCUT2D eigenvalue weighted by Crippen LogP contribution is 2.28. The van der Waals surface area contributed by atoms with Gasteiger partial charge in [0.2, 0.25) is 0 Å². The van der Waals surface area contributed by atoms with Crippen molar-refractivity contribution in [1.82, 2.24) is 9.78 Å². The normalized spacial score (nSPS) is 12.7. The van der Waals surface area contributed by atoms with Gasteiger partial charge in [0.05, 0.1) is 19.6 Å². The van der Waals surface area contributed by atoms with Gasteiger partial charge in [0.25, 0.3) is 0 Å². The lowest BCUT2D eigenvalue weighted by Crippen LogP contribution is -2.17. The molecule has 0 aliphatic heterocycles. The van der Waals surface area contributed by atoms with E-state index in [0.717, 1.165) is 12.2 Å². The van der Waals surface area contributed by atoms with Crippen LogP contribution in [0.3, 0.4) is 0 Å². The summed E-state index contributed by atoms with van der Waals surface area (Å²) in [5, 5.41) is 4.21. The van der Waals surface area contributed by atoms with Crippen molar-refractivity contribution < 1.29 is 9.15 Å². The zero-order chi connectivity index (χ0) is 11.5. The van der Waals surface area contributed by atoms with E-state index < -0.39 is 0 Å². The van der Waals surface area contributed by atoms with E-state index in [1.807, 2.05) is 23.7 Å². The molecule has 0 aliphatic rings. The number of ether oxygens (including phenoxy) is 1. The summed E-state index contributed by atoms with van der Waals surface area (Å²) < 4.78 is 12.3. The van der Waals surface area contributed by atoms with Crippen LogP contribution in [-0.4, -0.2) is 16.9 Å². The first-order valence-corrected chi connectivity index (χ1v) is 5.16. The topological polar surface area (TPSA) is 66.2 Å². The summed E-state index contributed by atoms with van der Waals surface area (Å²) in [6.45, 7) is 2.75. The second-order valence-electron chi connectivity index (χ2n) is 3.41. The van der Waals surface area contributed by atoms with Gasteiger partial charge in [-0.15, -0.1) is 0 Å². The number of nitrogens with two attached hydrogens (primary N) is 1. The molecule has 2 aromatic heterocycles. The van der Waals surface area contributed by atoms with Crippen LogP contribution in [0.4, 0.5) is 0 Å². The standard InChI is InChI=1S/C11H15N3O2/c1-3-14-11(9(15-2)7-13-14)10(12)8-5-4-6-16-8/h4-7,10H,3,12H2,1-2H3. The number of methoxy groups -OCH3 is 1. The van der Waals surface area contributed by atoms with Gasteiger partial charge in [-0.1, -0.05) is 0 Å². The highest BCUT2D eigenvalue weighted by Gasteiger charge is 2.21. The number of aryl methyl sites for hydroxylation is 1. The number of nitrogens with zero attached hydrogens (tertiary/aromatic N) is 2. The lowest BCUT2D eigenvalue weighted by molar-refractivity contribution is 0.398. The fraction of sp³-hybridized carbons (Fsp3) is 0.364. The third-order valence-corrected chi connectivity index (χ3v) is 2.51. The molecule has 0 bridgehead atoms. The molecule has 2 rings (SSSR count). The Kier molecular flexibility index (Phi) is 2.96. The Morgan fingerprint density at radius 1 is 1.62 bits per heavy atom. The van der Waals surface area contributed by atoms with E-state index >= 15 is 0 Å². The first-order chi connectivity index (χ1) is 7.77. The smallest absolute Gasteiger partial charge is 0.162 e. The molecule has 86 valence electrons. The summed E-state index contributed by atoms with van der Waals surface area (Å²) in [5.41, 5.74) is 6.96. The quantitative estimate of drug-likeness (QED) is 0.850. The van der Waals surface area contributed by atoms with Gasteiger partial charge in [-0.3, -0.25) is 4.68 Å². The summed E-state index contributed by atoms with van der Waals surface area (Å²) in [6, 6.07) is 3.30. The van der Waals surface area contributed by atoms with Gasteiger partial charge in [0.1, 0.15) is 17.5 Å². The minimum absolute atomic E-state index is 0.354. The van der Waals surface area contributed by atoms with E-state index in [2.05, 4.69) is 5.10 Å². The van der Waals surface area contributed by atoms with Crippen LogP contribution in [0.5, 0.6) is 5.75 Å². The molecule has 5 nitrogen and oxygen atoms in total. The van der Waals surface area contributed by atoms with Gasteiger partial charge < -0.3 is 14.9 Å². The predicted octanol–water partition coefficient (Wildman–Crippen LogP) is 1.55. The number of aromatic nitrogens is 2. The molecular formula is C11H15N3O2. The van der Waals surface area contributed by atoms with Crippen molar-refractivity contribution in [2.24, 2.45) is 5.73 Å². The predicted molar refractivity (Wildman–Crippen MR) is 59.2 cm³/mol. The van der Waals surface area contributed by atoms with Crippen LogP contribution in [0.15, 0.2) is 29.0 Å². The highest BCUT2D eigenvalue weighted by molar-refractivity contribution is 5.32. The lowest BCUT2D eigenvalue weighted by Gasteiger charge is -2.12. The van der Waals surface area contributed by atoms with E-state index in [1.165, 1.54) is 0 Å². The van der Waals surface area contributed by atoms with Gasteiger partial charge in [0, 0.05) is 6.54 Å². The van der Waals surface area contributed by atoms with Crippen LogP contribution >= 0.6 is 0 Å². The van der Waals surface area contributed by atoms with E-state index in [1.54, 1.807) is 19.6 Å². The Balaban J connectivity index is 2.41. The van der Waals surface area contributed by atoms with Crippen LogP contribution in [0.1, 0.15) is 24.4 Å². The Labute approximate surface area is 93.8 Å². The molecule has 2 heterocycles. The largest absolute Gasteiger partial charge is 0.493 e. The molecule has 1 atom stereocenters. The zero-order valence-corrected chi connectivity index (χ0v) is 9.38. The van der Waals surface area contributed by atoms with Crippen molar-refractivity contribution in [1.29, 1.82) is 0 Å². The SMILES string of the molecule is CCn1ncc(OC)c1C(N)c1ccco1. The zero-order valence-electron chi connectivity index (χ0n) is 9.38. The van der Waals surface area contributed by atoms with Crippen molar-refractivity contribution in [2.75, 3.05) is 7.11 Å². The van der Waals surface area contributed by atoms with Crippen molar-refractivity contribution in [3.63, 3.8) is 0 Å². The van der Waals surface area contributed by atoms with Gasteiger partial charge >= 0.3 is 0 Å². The van der Waals surface area contributed by atoms with Crippen LogP contribution in [-0.2, 0) is 6.54 Å². The van der Waals surface area contributed by atoms with Crippen molar-refractivity contribution >= 4 is 0 Å². The summed E-state index contributed by atoms with van der Waals surface area (Å²) >= 11 is 0. The molecule has 1 unspecified atom stereocenters. The molecule has 16 heavy (non-hydrogen) atoms. The van der Waals surface area contributed by atoms with Crippen LogP contribution in [0.25, 0.3) is 0 Å². The molecule has 5 heteroatoms. The monoisotopic (exact) mass is 221 g/mol. The van der Waals surface area contributed by atoms with Crippen LogP contribution < -0.4 is 10.5 Å². The van der Waals surface area contributed by atoms with Crippen molar-refractivity contribution in [2.45, 2.75) is 19.5 Å². The molecule has 0 aliphatic carbocycles. The lowest BCUT2D eigenvalue weighted by atomic mass is 10.1. The minimum Gasteiger partial charge on any atom is -0.493 e. The maximum Gasteiger partial charge on any atom is 0.162 e. The molecule has 0 saturated heterocycles. The first-order valence-electron chi connectivity index (χ1n) is 5.16. The molecule has 2 aromatic rings. The van der Waals surface area contributed by atoms with Crippen molar-refractivity contribution in [3.05, 3.63) is 36.0 Å². The van der Waals surface area contributed by atoms with Crippen LogP contribution in [0.2, 0.25) is 0 Å². The molecule has 0 radical (unpaired) electrons. The Bertz CT molecular complexity index is 426. The van der Waals surface area contributed by atoms with E-state index in [-0.39, 0.29) is 6.04 Å². The third kappa shape index (κ3) is 1.69. The van der Waals surface area contributed by atoms with Gasteiger partial charge in [-0.2, -0.15) is 5.10 Å². The van der Waals surface area contributed by atoms with Gasteiger partial charge in [-0.05, 0) is 19.1 Å². The average Bonchev–Trinajstić information content (AvgIpc) is 2.96. The molecule has 0 amide bonds. The Morgan fingerprint density at radius 3 is 3.00 bits per heavy atom. The first kappa shape index (κ1) is 10.8. The minimum atomic E-state index is -0.354.